The van der Waals surface area contributed by atoms with Gasteiger partial charge >= 0.3 is 5.97 Å². The van der Waals surface area contributed by atoms with Crippen molar-refractivity contribution >= 4 is 58.6 Å². The van der Waals surface area contributed by atoms with E-state index >= 15 is 0 Å². The zero-order chi connectivity index (χ0) is 50.8. The lowest BCUT2D eigenvalue weighted by Crippen LogP contribution is -2.52. The van der Waals surface area contributed by atoms with Gasteiger partial charge in [0.25, 0.3) is 23.6 Å². The molecule has 1 atom stereocenters. The summed E-state index contributed by atoms with van der Waals surface area (Å²) in [6.45, 7) is 1.43. The third-order valence-electron chi connectivity index (χ3n) is 13.0. The molecule has 4 aliphatic heterocycles. The van der Waals surface area contributed by atoms with Gasteiger partial charge in [0, 0.05) is 116 Å². The summed E-state index contributed by atoms with van der Waals surface area (Å²) in [5, 5.41) is 35.1. The van der Waals surface area contributed by atoms with Crippen LogP contribution in [0.15, 0.2) is 100 Å². The van der Waals surface area contributed by atoms with Crippen molar-refractivity contribution in [1.82, 2.24) is 35.2 Å². The number of pyridine rings is 1. The van der Waals surface area contributed by atoms with Gasteiger partial charge in [-0.25, -0.2) is 13.6 Å². The van der Waals surface area contributed by atoms with E-state index in [1.54, 1.807) is 46.2 Å². The molecule has 0 radical (unpaired) electrons. The van der Waals surface area contributed by atoms with Gasteiger partial charge in [0.1, 0.15) is 23.1 Å². The lowest BCUT2D eigenvalue weighted by molar-refractivity contribution is -0.132. The number of nitriles is 1. The Labute approximate surface area is 408 Å². The largest absolute Gasteiger partial charge is 0.508 e. The highest BCUT2D eigenvalue weighted by atomic mass is 19.3. The van der Waals surface area contributed by atoms with Gasteiger partial charge in [-0.1, -0.05) is 18.2 Å². The molecule has 1 aromatic heterocycles. The number of hydrogen-bond acceptors (Lipinski definition) is 12. The van der Waals surface area contributed by atoms with Crippen LogP contribution in [-0.4, -0.2) is 141 Å². The van der Waals surface area contributed by atoms with E-state index in [1.165, 1.54) is 67.0 Å². The van der Waals surface area contributed by atoms with Crippen molar-refractivity contribution < 1.29 is 52.2 Å². The number of phenolic OH excluding ortho intramolecular Hbond substituents is 1. The number of phenols is 1. The molecule has 72 heavy (non-hydrogen) atoms. The SMILES string of the molecule is N#C[C@@H]1CC(F)(F)CN1C(=O)CNC(=O)c1ccncc1/C=C/c1ccc2c(c1)CN(CCN1CCN(C(=O)CNC(=O)c3ccc(C(=O)O)c(-c4c5ccc(=O)cc-5oc5cc(O)ccc45)c3)CC1)C2=O. The second-order valence-corrected chi connectivity index (χ2v) is 17.6. The molecule has 0 saturated carbocycles. The van der Waals surface area contributed by atoms with Crippen LogP contribution in [0.25, 0.3) is 45.6 Å². The van der Waals surface area contributed by atoms with Gasteiger partial charge in [-0.15, -0.1) is 0 Å². The first kappa shape index (κ1) is 48.2. The first-order valence-electron chi connectivity index (χ1n) is 22.8. The van der Waals surface area contributed by atoms with Gasteiger partial charge in [0.2, 0.25) is 11.8 Å². The number of amides is 5. The van der Waals surface area contributed by atoms with Crippen LogP contribution < -0.4 is 16.1 Å². The van der Waals surface area contributed by atoms with Gasteiger partial charge in [0.05, 0.1) is 31.3 Å². The Balaban J connectivity index is 0.762. The van der Waals surface area contributed by atoms with Crippen LogP contribution >= 0.6 is 0 Å². The molecule has 3 aromatic carbocycles. The van der Waals surface area contributed by atoms with Crippen LogP contribution in [0.5, 0.6) is 5.75 Å². The number of aromatic hydroxyl groups is 1. The molecule has 18 nitrogen and oxygen atoms in total. The molecule has 20 heteroatoms. The van der Waals surface area contributed by atoms with E-state index in [2.05, 4.69) is 20.5 Å². The van der Waals surface area contributed by atoms with E-state index in [0.29, 0.717) is 73.5 Å². The molecule has 2 fully saturated rings. The second kappa shape index (κ2) is 19.9. The minimum Gasteiger partial charge on any atom is -0.508 e. The molecule has 0 bridgehead atoms. The topological polar surface area (TPSA) is 247 Å². The van der Waals surface area contributed by atoms with E-state index in [9.17, 15) is 57.8 Å². The normalized spacial score (nSPS) is 16.5. The fraction of sp³-hybridized carbons (Fsp3) is 0.250. The van der Waals surface area contributed by atoms with E-state index in [4.69, 9.17) is 4.42 Å². The maximum absolute atomic E-state index is 13.9. The summed E-state index contributed by atoms with van der Waals surface area (Å²) in [7, 11) is 0. The average molecular weight is 979 g/mol. The fourth-order valence-electron chi connectivity index (χ4n) is 9.25. The Morgan fingerprint density at radius 2 is 1.60 bits per heavy atom. The average Bonchev–Trinajstić information content (AvgIpc) is 3.87. The van der Waals surface area contributed by atoms with Gasteiger partial charge < -0.3 is 40.0 Å². The van der Waals surface area contributed by atoms with Crippen molar-refractivity contribution in [2.45, 2.75) is 24.9 Å². The number of rotatable bonds is 13. The Morgan fingerprint density at radius 1 is 0.833 bits per heavy atom. The molecular weight excluding hydrogens is 935 g/mol. The lowest BCUT2D eigenvalue weighted by Gasteiger charge is -2.35. The Hall–Kier alpha value is -8.83. The Bertz CT molecular complexity index is 3310. The number of carbonyl (C=O) groups is 6. The quantitative estimate of drug-likeness (QED) is 0.116. The molecule has 4 aromatic rings. The number of fused-ring (bicyclic) bond motifs is 3. The number of halogens is 2. The third kappa shape index (κ3) is 10.1. The van der Waals surface area contributed by atoms with E-state index in [1.807, 2.05) is 6.07 Å². The summed E-state index contributed by atoms with van der Waals surface area (Å²) in [6, 6.07) is 19.7. The fourth-order valence-corrected chi connectivity index (χ4v) is 9.25. The Morgan fingerprint density at radius 3 is 2.38 bits per heavy atom. The molecule has 5 heterocycles. The van der Waals surface area contributed by atoms with Crippen molar-refractivity contribution in [3.8, 4) is 34.3 Å². The van der Waals surface area contributed by atoms with Gasteiger partial charge in [-0.05, 0) is 77.4 Å². The number of aromatic nitrogens is 1. The van der Waals surface area contributed by atoms with Crippen molar-refractivity contribution in [1.29, 1.82) is 5.26 Å². The second-order valence-electron chi connectivity index (χ2n) is 17.6. The number of hydrogen-bond donors (Lipinski definition) is 4. The maximum Gasteiger partial charge on any atom is 0.336 e. The van der Waals surface area contributed by atoms with Crippen LogP contribution in [0.4, 0.5) is 8.78 Å². The molecule has 9 rings (SSSR count). The van der Waals surface area contributed by atoms with Crippen molar-refractivity contribution in [3.05, 3.63) is 140 Å². The number of likely N-dealkylation sites (tertiary alicyclic amines) is 1. The molecule has 0 spiro atoms. The molecule has 1 aliphatic carbocycles. The van der Waals surface area contributed by atoms with Crippen molar-refractivity contribution in [2.75, 3.05) is 58.9 Å². The summed E-state index contributed by atoms with van der Waals surface area (Å²) in [5.74, 6) is -6.87. The van der Waals surface area contributed by atoms with Crippen molar-refractivity contribution in [3.63, 3.8) is 0 Å². The van der Waals surface area contributed by atoms with E-state index < -0.39 is 55.2 Å². The monoisotopic (exact) mass is 978 g/mol. The molecule has 0 unspecified atom stereocenters. The molecule has 4 N–H and O–H groups in total. The first-order valence-corrected chi connectivity index (χ1v) is 22.8. The minimum atomic E-state index is -3.18. The van der Waals surface area contributed by atoms with Gasteiger partial charge in [0.15, 0.2) is 5.43 Å². The minimum absolute atomic E-state index is 0.0877. The zero-order valence-corrected chi connectivity index (χ0v) is 38.3. The molecule has 5 aliphatic rings. The molecule has 366 valence electrons. The lowest BCUT2D eigenvalue weighted by atomic mass is 9.89. The van der Waals surface area contributed by atoms with Crippen LogP contribution in [-0.2, 0) is 16.1 Å². The van der Waals surface area contributed by atoms with Crippen LogP contribution in [0, 0.1) is 11.3 Å². The Kier molecular flexibility index (Phi) is 13.3. The standard InChI is InChI=1S/C52H44F2N8O10/c53-52(54)23-34(24-55)62(29-52)46(66)27-58-49(68)37-11-12-56-25-32(37)3-1-30-2-7-38-33(19-30)28-61(50(38)69)18-15-59-13-16-60(17-14-59)45(65)26-57-48(67)31-4-8-39(51(70)71)42(20-31)47-40-9-5-35(63)21-43(40)72-44-22-36(64)6-10-41(44)47/h1-12,19-22,25,34,63H,13-18,23,26-29H2,(H,57,67)(H,58,68)(H,70,71)/b3-1+/t34-/m0/s1. The highest BCUT2D eigenvalue weighted by Crippen LogP contribution is 2.42. The molecular formula is C52H44F2N8O10. The highest BCUT2D eigenvalue weighted by Gasteiger charge is 2.47. The number of carbonyl (C=O) groups excluding carboxylic acids is 5. The number of benzene rings is 4. The van der Waals surface area contributed by atoms with E-state index in [-0.39, 0.29) is 63.1 Å². The summed E-state index contributed by atoms with van der Waals surface area (Å²) in [4.78, 5) is 101. The number of piperazine rings is 1. The number of alkyl halides is 2. The summed E-state index contributed by atoms with van der Waals surface area (Å²) in [5.41, 5.74) is 3.49. The predicted molar refractivity (Wildman–Crippen MR) is 256 cm³/mol. The predicted octanol–water partition coefficient (Wildman–Crippen LogP) is 4.55. The highest BCUT2D eigenvalue weighted by molar-refractivity contribution is 6.09. The van der Waals surface area contributed by atoms with Crippen LogP contribution in [0.2, 0.25) is 0 Å². The number of carboxylic acids is 1. The van der Waals surface area contributed by atoms with Crippen molar-refractivity contribution in [2.24, 2.45) is 0 Å². The van der Waals surface area contributed by atoms with Crippen LogP contribution in [0.3, 0.4) is 0 Å². The number of carboxylic acid groups (broad SMARTS) is 1. The summed E-state index contributed by atoms with van der Waals surface area (Å²) < 4.78 is 33.6. The number of nitrogens with zero attached hydrogens (tertiary/aromatic N) is 6. The first-order chi connectivity index (χ1) is 34.5. The number of aromatic carboxylic acids is 1. The maximum atomic E-state index is 13.9. The third-order valence-corrected chi connectivity index (χ3v) is 13.0. The van der Waals surface area contributed by atoms with Crippen LogP contribution in [0.1, 0.15) is 64.5 Å². The van der Waals surface area contributed by atoms with Gasteiger partial charge in [-0.2, -0.15) is 5.26 Å². The smallest absolute Gasteiger partial charge is 0.336 e. The molecule has 5 amide bonds. The summed E-state index contributed by atoms with van der Waals surface area (Å²) >= 11 is 0. The summed E-state index contributed by atoms with van der Waals surface area (Å²) in [6.07, 6.45) is 5.52. The van der Waals surface area contributed by atoms with E-state index in [0.717, 1.165) is 16.0 Å². The van der Waals surface area contributed by atoms with Gasteiger partial charge in [-0.3, -0.25) is 38.7 Å². The zero-order valence-electron chi connectivity index (χ0n) is 38.3. The number of nitrogens with one attached hydrogen (secondary N) is 2. The molecule has 2 saturated heterocycles.